The van der Waals surface area contributed by atoms with E-state index < -0.39 is 5.82 Å². The molecule has 0 fully saturated rings. The van der Waals surface area contributed by atoms with E-state index >= 15 is 0 Å². The molecule has 2 aromatic carbocycles. The molecule has 2 heterocycles. The number of fused-ring (bicyclic) bond motifs is 2. The van der Waals surface area contributed by atoms with Gasteiger partial charge >= 0.3 is 0 Å². The number of nitrogens with zero attached hydrogens (tertiary/aromatic N) is 2. The van der Waals surface area contributed by atoms with E-state index in [1.165, 1.54) is 18.3 Å². The van der Waals surface area contributed by atoms with Crippen LogP contribution in [-0.4, -0.2) is 18.1 Å². The van der Waals surface area contributed by atoms with Gasteiger partial charge in [-0.25, -0.2) is 4.39 Å². The Morgan fingerprint density at radius 3 is 3.00 bits per heavy atom. The Balaban J connectivity index is 1.88. The maximum Gasteiger partial charge on any atom is 0.144 e. The zero-order chi connectivity index (χ0) is 17.4. The van der Waals surface area contributed by atoms with Crippen molar-refractivity contribution >= 4 is 39.6 Å². The Kier molecular flexibility index (Phi) is 3.79. The zero-order valence-electron chi connectivity index (χ0n) is 12.9. The van der Waals surface area contributed by atoms with E-state index in [4.69, 9.17) is 16.3 Å². The fraction of sp³-hybridized carbons (Fsp3) is 0.111. The molecule has 3 aromatic rings. The minimum Gasteiger partial charge on any atom is -0.490 e. The van der Waals surface area contributed by atoms with Crippen LogP contribution in [-0.2, 0) is 0 Å². The number of aromatic nitrogens is 1. The predicted molar refractivity (Wildman–Crippen MR) is 95.1 cm³/mol. The van der Waals surface area contributed by atoms with Crippen molar-refractivity contribution in [2.24, 2.45) is 0 Å². The number of rotatable bonds is 2. The van der Waals surface area contributed by atoms with Gasteiger partial charge in [-0.3, -0.25) is 4.98 Å². The average molecular weight is 355 g/mol. The summed E-state index contributed by atoms with van der Waals surface area (Å²) in [6, 6.07) is 10.2. The van der Waals surface area contributed by atoms with E-state index in [0.717, 1.165) is 16.8 Å². The molecule has 0 saturated carbocycles. The number of benzene rings is 2. The molecule has 0 unspecified atom stereocenters. The molecule has 1 aliphatic heterocycles. The van der Waals surface area contributed by atoms with Crippen LogP contribution in [0.15, 0.2) is 36.5 Å². The second-order valence-electron chi connectivity index (χ2n) is 5.55. The number of hydrogen-bond acceptors (Lipinski definition) is 5. The molecule has 4 rings (SSSR count). The summed E-state index contributed by atoms with van der Waals surface area (Å²) in [6.45, 7) is 1.30. The fourth-order valence-corrected chi connectivity index (χ4v) is 2.94. The molecule has 0 spiro atoms. The van der Waals surface area contributed by atoms with Crippen molar-refractivity contribution in [2.75, 3.05) is 23.8 Å². The Labute approximate surface area is 148 Å². The molecular formula is C18H12ClFN4O. The van der Waals surface area contributed by atoms with E-state index in [1.807, 2.05) is 12.1 Å². The largest absolute Gasteiger partial charge is 0.490 e. The summed E-state index contributed by atoms with van der Waals surface area (Å²) in [4.78, 5) is 4.34. The van der Waals surface area contributed by atoms with Gasteiger partial charge in [0.1, 0.15) is 24.2 Å². The first-order valence-corrected chi connectivity index (χ1v) is 7.99. The minimum absolute atomic E-state index is 0.00863. The van der Waals surface area contributed by atoms with Gasteiger partial charge in [-0.15, -0.1) is 0 Å². The van der Waals surface area contributed by atoms with Crippen LogP contribution in [0.25, 0.3) is 10.9 Å². The van der Waals surface area contributed by atoms with Gasteiger partial charge in [0.25, 0.3) is 0 Å². The molecule has 0 aliphatic carbocycles. The minimum atomic E-state index is -0.497. The van der Waals surface area contributed by atoms with Gasteiger partial charge in [0.05, 0.1) is 27.5 Å². The van der Waals surface area contributed by atoms with Crippen LogP contribution in [0, 0.1) is 17.1 Å². The molecular weight excluding hydrogens is 343 g/mol. The van der Waals surface area contributed by atoms with E-state index in [1.54, 1.807) is 6.07 Å². The summed E-state index contributed by atoms with van der Waals surface area (Å²) in [5.41, 5.74) is 3.08. The van der Waals surface area contributed by atoms with E-state index in [0.29, 0.717) is 35.6 Å². The number of nitrogens with one attached hydrogen (secondary N) is 2. The zero-order valence-corrected chi connectivity index (χ0v) is 13.7. The lowest BCUT2D eigenvalue weighted by Crippen LogP contribution is -2.18. The summed E-state index contributed by atoms with van der Waals surface area (Å²) in [5.74, 6) is 0.231. The van der Waals surface area contributed by atoms with E-state index in [-0.39, 0.29) is 5.02 Å². The van der Waals surface area contributed by atoms with Crippen LogP contribution in [0.2, 0.25) is 5.02 Å². The molecule has 2 N–H and O–H groups in total. The number of anilines is 3. The van der Waals surface area contributed by atoms with Gasteiger partial charge < -0.3 is 15.4 Å². The van der Waals surface area contributed by atoms with Crippen molar-refractivity contribution in [3.8, 4) is 11.8 Å². The normalized spacial score (nSPS) is 12.7. The highest BCUT2D eigenvalue weighted by Crippen LogP contribution is 2.37. The number of pyridine rings is 1. The Bertz CT molecular complexity index is 1030. The van der Waals surface area contributed by atoms with Crippen molar-refractivity contribution in [2.45, 2.75) is 0 Å². The Hall–Kier alpha value is -3.04. The van der Waals surface area contributed by atoms with Crippen LogP contribution >= 0.6 is 11.6 Å². The fourth-order valence-electron chi connectivity index (χ4n) is 2.76. The van der Waals surface area contributed by atoms with Crippen molar-refractivity contribution in [1.29, 1.82) is 5.26 Å². The van der Waals surface area contributed by atoms with Crippen molar-refractivity contribution in [3.63, 3.8) is 0 Å². The van der Waals surface area contributed by atoms with Crippen LogP contribution in [0.5, 0.6) is 5.75 Å². The molecule has 7 heteroatoms. The highest BCUT2D eigenvalue weighted by Gasteiger charge is 2.16. The van der Waals surface area contributed by atoms with Gasteiger partial charge in [-0.05, 0) is 24.3 Å². The SMILES string of the molecule is N#Cc1cnc2cc3c(cc2c1Nc1ccc(F)c(Cl)c1)NCCO3. The number of hydrogen-bond donors (Lipinski definition) is 2. The molecule has 0 atom stereocenters. The average Bonchev–Trinajstić information content (AvgIpc) is 2.63. The monoisotopic (exact) mass is 354 g/mol. The molecule has 0 radical (unpaired) electrons. The topological polar surface area (TPSA) is 70.0 Å². The molecule has 25 heavy (non-hydrogen) atoms. The third kappa shape index (κ3) is 2.79. The summed E-state index contributed by atoms with van der Waals surface area (Å²) in [6.07, 6.45) is 1.50. The van der Waals surface area contributed by atoms with Gasteiger partial charge in [0.2, 0.25) is 0 Å². The second kappa shape index (κ2) is 6.11. The first kappa shape index (κ1) is 15.5. The lowest BCUT2D eigenvalue weighted by Gasteiger charge is -2.20. The molecule has 0 bridgehead atoms. The lowest BCUT2D eigenvalue weighted by atomic mass is 10.1. The van der Waals surface area contributed by atoms with Crippen molar-refractivity contribution in [1.82, 2.24) is 4.98 Å². The highest BCUT2D eigenvalue weighted by molar-refractivity contribution is 6.31. The Morgan fingerprint density at radius 1 is 1.32 bits per heavy atom. The molecule has 1 aliphatic rings. The lowest BCUT2D eigenvalue weighted by molar-refractivity contribution is 0.324. The van der Waals surface area contributed by atoms with Crippen LogP contribution in [0.1, 0.15) is 5.56 Å². The third-order valence-corrected chi connectivity index (χ3v) is 4.24. The van der Waals surface area contributed by atoms with Gasteiger partial charge in [-0.1, -0.05) is 11.6 Å². The molecule has 1 aromatic heterocycles. The molecule has 0 amide bonds. The predicted octanol–water partition coefficient (Wildman–Crippen LogP) is 4.45. The first-order valence-electron chi connectivity index (χ1n) is 7.61. The van der Waals surface area contributed by atoms with E-state index in [2.05, 4.69) is 21.7 Å². The van der Waals surface area contributed by atoms with Crippen LogP contribution in [0.4, 0.5) is 21.5 Å². The van der Waals surface area contributed by atoms with Crippen LogP contribution < -0.4 is 15.4 Å². The van der Waals surface area contributed by atoms with Crippen molar-refractivity contribution in [3.05, 3.63) is 52.9 Å². The molecule has 0 saturated heterocycles. The Morgan fingerprint density at radius 2 is 2.20 bits per heavy atom. The molecule has 124 valence electrons. The summed E-state index contributed by atoms with van der Waals surface area (Å²) < 4.78 is 19.0. The number of halogens is 2. The third-order valence-electron chi connectivity index (χ3n) is 3.95. The summed E-state index contributed by atoms with van der Waals surface area (Å²) >= 11 is 5.85. The first-order chi connectivity index (χ1) is 12.2. The standard InChI is InChI=1S/C18H12ClFN4O/c19-13-5-11(1-2-14(13)20)24-18-10(8-21)9-23-15-7-17-16(6-12(15)18)22-3-4-25-17/h1-2,5-7,9,22H,3-4H2,(H,23,24). The van der Waals surface area contributed by atoms with Crippen molar-refractivity contribution < 1.29 is 9.13 Å². The maximum atomic E-state index is 13.4. The van der Waals surface area contributed by atoms with Crippen LogP contribution in [0.3, 0.4) is 0 Å². The second-order valence-corrected chi connectivity index (χ2v) is 5.96. The van der Waals surface area contributed by atoms with Gasteiger partial charge in [-0.2, -0.15) is 5.26 Å². The summed E-state index contributed by atoms with van der Waals surface area (Å²) in [5, 5.41) is 16.6. The number of ether oxygens (including phenoxy) is 1. The number of nitriles is 1. The summed E-state index contributed by atoms with van der Waals surface area (Å²) in [7, 11) is 0. The smallest absolute Gasteiger partial charge is 0.144 e. The highest BCUT2D eigenvalue weighted by atomic mass is 35.5. The quantitative estimate of drug-likeness (QED) is 0.711. The molecule has 5 nitrogen and oxygen atoms in total. The maximum absolute atomic E-state index is 13.4. The van der Waals surface area contributed by atoms with Gasteiger partial charge in [0.15, 0.2) is 0 Å². The van der Waals surface area contributed by atoms with Gasteiger partial charge in [0, 0.05) is 29.9 Å². The van der Waals surface area contributed by atoms with E-state index in [9.17, 15) is 9.65 Å².